The van der Waals surface area contributed by atoms with E-state index >= 15 is 0 Å². The number of carbonyl (C=O) groups is 8. The minimum Gasteiger partial charge on any atom is -0.469 e. The van der Waals surface area contributed by atoms with Crippen molar-refractivity contribution >= 4 is 60.1 Å². The average molecular weight is 1110 g/mol. The molecule has 20 atom stereocenters. The summed E-state index contributed by atoms with van der Waals surface area (Å²) in [5.74, 6) is -5.48. The molecule has 0 spiro atoms. The van der Waals surface area contributed by atoms with Crippen LogP contribution in [0.4, 0.5) is 0 Å². The Kier molecular flexibility index (Phi) is 28.4. The monoisotopic (exact) mass is 1110 g/mol. The van der Waals surface area contributed by atoms with Crippen molar-refractivity contribution in [3.05, 3.63) is 87.1 Å². The topological polar surface area (TPSA) is 297 Å². The van der Waals surface area contributed by atoms with Crippen LogP contribution in [0.15, 0.2) is 87.1 Å². The van der Waals surface area contributed by atoms with Gasteiger partial charge in [0.1, 0.15) is 23.7 Å². The predicted octanol–water partition coefficient (Wildman–Crippen LogP) is 4.25. The number of hydrogen-bond donors (Lipinski definition) is 0. The van der Waals surface area contributed by atoms with Gasteiger partial charge in [0, 0.05) is 0 Å². The SMILES string of the molecule is C=CC1CC(/C=C\C2OC(C=C)C(C(=O)OC)C2C(=O)OC)C(C(=O)OC)C1C.C=CC1CC(C=C)C(C(=O)OC)C1C.COC(=O)C1C2C=CC(C2)C1C(=O)OC.COC(=O)C1C2C=CC(O2)C1C(=O)OC.O=C=O.O=C=O. The lowest BCUT2D eigenvalue weighted by molar-refractivity contribution is -0.193. The molecular formula is C57H74O22. The number of methoxy groups -OCH3 is 8. The molecule has 7 rings (SSSR count). The third kappa shape index (κ3) is 16.1. The first-order valence-corrected chi connectivity index (χ1v) is 25.2. The zero-order valence-corrected chi connectivity index (χ0v) is 46.3. The molecule has 0 aromatic rings. The van der Waals surface area contributed by atoms with Crippen LogP contribution in [-0.2, 0) is 105 Å². The van der Waals surface area contributed by atoms with Gasteiger partial charge in [0.15, 0.2) is 0 Å². The molecule has 4 aliphatic carbocycles. The first kappa shape index (κ1) is 67.7. The number of ether oxygens (including phenoxy) is 10. The van der Waals surface area contributed by atoms with Gasteiger partial charge in [-0.2, -0.15) is 19.2 Å². The number of esters is 8. The number of carbonyl (C=O) groups excluding carboxylic acids is 12. The van der Waals surface area contributed by atoms with E-state index in [-0.39, 0.29) is 108 Å². The predicted molar refractivity (Wildman–Crippen MR) is 273 cm³/mol. The quantitative estimate of drug-likeness (QED) is 0.133. The standard InChI is InChI=1S/C22H30O7.C12H18O2.C11H14O4.C10H12O5.2CO2/c1-7-13-11-14(17(12(13)3)20(23)26-4)9-10-16-19(22(25)28-6)18(21(24)27-5)15(8-2)29-16;1-5-9-7-10(6-2)11(8(9)3)12(13)14-4;1-14-10(12)8-6-3-4-7(5-6)9(8)11(13)15-2;1-13-9(11)7-5-3-4-6(15-5)8(7)10(12)14-2;2*2-1-3/h7-10,12-19H,1-2,11H2,3-6H3;5-6,8-11H,1-2,7H2,3-4H3;3-4,6-9H,5H2,1-2H3;3-8H,1-2H3;;/b10-9-;;;;;. The first-order chi connectivity index (χ1) is 37.7. The van der Waals surface area contributed by atoms with Gasteiger partial charge in [-0.1, -0.05) is 74.6 Å². The van der Waals surface area contributed by atoms with Gasteiger partial charge in [-0.15, -0.1) is 26.3 Å². The molecule has 3 aliphatic heterocycles. The lowest BCUT2D eigenvalue weighted by Crippen LogP contribution is -2.37. The van der Waals surface area contributed by atoms with Crippen molar-refractivity contribution in [3.8, 4) is 0 Å². The normalized spacial score (nSPS) is 34.0. The fourth-order valence-corrected chi connectivity index (χ4v) is 11.9. The third-order valence-electron chi connectivity index (χ3n) is 15.7. The Morgan fingerprint density at radius 3 is 1.03 bits per heavy atom. The van der Waals surface area contributed by atoms with E-state index < -0.39 is 59.8 Å². The third-order valence-corrected chi connectivity index (χ3v) is 15.7. The summed E-state index contributed by atoms with van der Waals surface area (Å²) in [6.45, 7) is 19.2. The Balaban J connectivity index is 0.000000365. The average Bonchev–Trinajstić information content (AvgIpc) is 4.37. The highest BCUT2D eigenvalue weighted by Crippen LogP contribution is 2.49. The van der Waals surface area contributed by atoms with E-state index in [1.807, 2.05) is 43.4 Å². The molecule has 0 aromatic carbocycles. The van der Waals surface area contributed by atoms with E-state index in [4.69, 9.17) is 57.1 Å². The molecule has 22 heteroatoms. The molecule has 7 aliphatic rings. The van der Waals surface area contributed by atoms with Gasteiger partial charge in [0.05, 0.1) is 105 Å². The van der Waals surface area contributed by atoms with E-state index in [0.717, 1.165) is 19.3 Å². The number of fused-ring (bicyclic) bond motifs is 4. The summed E-state index contributed by atoms with van der Waals surface area (Å²) < 4.78 is 49.6. The Morgan fingerprint density at radius 2 is 0.684 bits per heavy atom. The van der Waals surface area contributed by atoms with Crippen LogP contribution in [0.25, 0.3) is 0 Å². The van der Waals surface area contributed by atoms with Gasteiger partial charge in [-0.3, -0.25) is 38.4 Å². The lowest BCUT2D eigenvalue weighted by atomic mass is 9.83. The Labute approximate surface area is 459 Å². The summed E-state index contributed by atoms with van der Waals surface area (Å²) in [4.78, 5) is 127. The molecule has 79 heavy (non-hydrogen) atoms. The van der Waals surface area contributed by atoms with Crippen molar-refractivity contribution in [1.29, 1.82) is 0 Å². The molecule has 20 unspecified atom stereocenters. The summed E-state index contributed by atoms with van der Waals surface area (Å²) in [5.41, 5.74) is 0. The Morgan fingerprint density at radius 1 is 0.380 bits per heavy atom. The van der Waals surface area contributed by atoms with E-state index in [0.29, 0.717) is 11.8 Å². The highest BCUT2D eigenvalue weighted by atomic mass is 16.6. The first-order valence-electron chi connectivity index (χ1n) is 25.2. The zero-order chi connectivity index (χ0) is 59.8. The second-order valence-electron chi connectivity index (χ2n) is 19.2. The molecule has 0 aromatic heterocycles. The second-order valence-corrected chi connectivity index (χ2v) is 19.2. The van der Waals surface area contributed by atoms with Crippen LogP contribution in [-0.4, -0.2) is 141 Å². The van der Waals surface area contributed by atoms with Crippen molar-refractivity contribution in [1.82, 2.24) is 0 Å². The zero-order valence-electron chi connectivity index (χ0n) is 46.3. The summed E-state index contributed by atoms with van der Waals surface area (Å²) in [6.07, 6.45) is 19.3. The van der Waals surface area contributed by atoms with Gasteiger partial charge in [-0.25, -0.2) is 0 Å². The molecule has 434 valence electrons. The van der Waals surface area contributed by atoms with E-state index in [1.165, 1.54) is 63.0 Å². The van der Waals surface area contributed by atoms with Crippen molar-refractivity contribution < 1.29 is 105 Å². The highest BCUT2D eigenvalue weighted by Gasteiger charge is 2.56. The largest absolute Gasteiger partial charge is 0.469 e. The summed E-state index contributed by atoms with van der Waals surface area (Å²) in [5, 5.41) is 0. The summed E-state index contributed by atoms with van der Waals surface area (Å²) in [7, 11) is 10.6. The van der Waals surface area contributed by atoms with Gasteiger partial charge in [0.25, 0.3) is 0 Å². The minimum atomic E-state index is -0.864. The molecule has 3 saturated carbocycles. The summed E-state index contributed by atoms with van der Waals surface area (Å²) >= 11 is 0. The van der Waals surface area contributed by atoms with Crippen molar-refractivity contribution in [2.45, 2.75) is 57.5 Å². The maximum absolute atomic E-state index is 12.4. The minimum absolute atomic E-state index is 0.0412. The van der Waals surface area contributed by atoms with Crippen LogP contribution in [0, 0.1) is 94.7 Å². The Hall–Kier alpha value is -7.38. The molecule has 4 bridgehead atoms. The molecule has 3 heterocycles. The molecule has 0 amide bonds. The smallest absolute Gasteiger partial charge is 0.373 e. The number of hydrogen-bond acceptors (Lipinski definition) is 22. The molecule has 0 radical (unpaired) electrons. The number of rotatable bonds is 14. The number of allylic oxidation sites excluding steroid dienone is 6. The Bertz CT molecular complexity index is 2200. The molecule has 2 saturated heterocycles. The van der Waals surface area contributed by atoms with Crippen molar-refractivity contribution in [2.24, 2.45) is 94.7 Å². The van der Waals surface area contributed by atoms with Crippen molar-refractivity contribution in [2.75, 3.05) is 56.9 Å². The van der Waals surface area contributed by atoms with Gasteiger partial charge < -0.3 is 47.4 Å². The van der Waals surface area contributed by atoms with Crippen LogP contribution in [0.2, 0.25) is 0 Å². The van der Waals surface area contributed by atoms with Crippen LogP contribution in [0.3, 0.4) is 0 Å². The van der Waals surface area contributed by atoms with Gasteiger partial charge in [0.2, 0.25) is 0 Å². The summed E-state index contributed by atoms with van der Waals surface area (Å²) in [6, 6.07) is 0. The molecule has 22 nitrogen and oxygen atoms in total. The highest BCUT2D eigenvalue weighted by molar-refractivity contribution is 5.86. The van der Waals surface area contributed by atoms with Crippen LogP contribution < -0.4 is 0 Å². The van der Waals surface area contributed by atoms with Crippen LogP contribution in [0.5, 0.6) is 0 Å². The molecule has 5 fully saturated rings. The van der Waals surface area contributed by atoms with Gasteiger partial charge in [-0.05, 0) is 66.6 Å². The van der Waals surface area contributed by atoms with Crippen molar-refractivity contribution in [3.63, 3.8) is 0 Å². The maximum atomic E-state index is 12.4. The van der Waals surface area contributed by atoms with E-state index in [2.05, 4.69) is 42.7 Å². The molecular weight excluding hydrogens is 1040 g/mol. The van der Waals surface area contributed by atoms with Crippen LogP contribution >= 0.6 is 0 Å². The fourth-order valence-electron chi connectivity index (χ4n) is 11.9. The fraction of sp³-hybridized carbons (Fsp3) is 0.579. The second kappa shape index (κ2) is 33.1. The molecule has 0 N–H and O–H groups in total. The van der Waals surface area contributed by atoms with E-state index in [9.17, 15) is 38.4 Å². The van der Waals surface area contributed by atoms with Crippen LogP contribution in [0.1, 0.15) is 33.1 Å². The van der Waals surface area contributed by atoms with E-state index in [1.54, 1.807) is 18.2 Å². The maximum Gasteiger partial charge on any atom is 0.373 e. The van der Waals surface area contributed by atoms with Gasteiger partial charge >= 0.3 is 60.1 Å². The lowest BCUT2D eigenvalue weighted by Gasteiger charge is -2.23.